The predicted octanol–water partition coefficient (Wildman–Crippen LogP) is 0.0273. The van der Waals surface area contributed by atoms with Gasteiger partial charge in [-0.15, -0.1) is 0 Å². The Morgan fingerprint density at radius 2 is 2.29 bits per heavy atom. The maximum absolute atomic E-state index is 11.1. The van der Waals surface area contributed by atoms with Crippen molar-refractivity contribution in [3.8, 4) is 0 Å². The summed E-state index contributed by atoms with van der Waals surface area (Å²) < 4.78 is 4.55. The first kappa shape index (κ1) is 10.2. The number of carbonyl (C=O) groups is 3. The van der Waals surface area contributed by atoms with Gasteiger partial charge in [0.15, 0.2) is 6.04 Å². The molecular formula is C8H8N2O4. The van der Waals surface area contributed by atoms with Gasteiger partial charge in [0.1, 0.15) is 6.61 Å². The zero-order valence-electron chi connectivity index (χ0n) is 7.44. The molecule has 14 heavy (non-hydrogen) atoms. The molecule has 0 spiro atoms. The van der Waals surface area contributed by atoms with E-state index in [2.05, 4.69) is 9.85 Å². The predicted molar refractivity (Wildman–Crippen MR) is 43.7 cm³/mol. The Balaban J connectivity index is 2.70. The Bertz CT molecular complexity index is 345. The molecule has 1 aliphatic rings. The first-order valence-corrected chi connectivity index (χ1v) is 3.85. The van der Waals surface area contributed by atoms with Crippen LogP contribution < -0.4 is 0 Å². The lowest BCUT2D eigenvalue weighted by molar-refractivity contribution is -0.140. The summed E-state index contributed by atoms with van der Waals surface area (Å²) in [5.74, 6) is -2.01. The average molecular weight is 196 g/mol. The van der Waals surface area contributed by atoms with Crippen LogP contribution in [0.25, 0.3) is 0 Å². The first-order chi connectivity index (χ1) is 6.56. The van der Waals surface area contributed by atoms with Crippen molar-refractivity contribution in [1.29, 1.82) is 5.53 Å². The van der Waals surface area contributed by atoms with E-state index >= 15 is 0 Å². The lowest BCUT2D eigenvalue weighted by Gasteiger charge is -1.99. The summed E-state index contributed by atoms with van der Waals surface area (Å²) in [6.45, 7) is 0.972. The fourth-order valence-electron chi connectivity index (χ4n) is 1.02. The van der Waals surface area contributed by atoms with E-state index in [0.717, 1.165) is 0 Å². The van der Waals surface area contributed by atoms with Gasteiger partial charge in [0.2, 0.25) is 11.6 Å². The average Bonchev–Trinajstić information content (AvgIpc) is 2.41. The van der Waals surface area contributed by atoms with Crippen LogP contribution in [0.5, 0.6) is 0 Å². The molecular weight excluding hydrogens is 188 g/mol. The van der Waals surface area contributed by atoms with Gasteiger partial charge in [-0.25, -0.2) is 5.53 Å². The quantitative estimate of drug-likeness (QED) is 0.391. The van der Waals surface area contributed by atoms with Gasteiger partial charge in [-0.1, -0.05) is 0 Å². The summed E-state index contributed by atoms with van der Waals surface area (Å²) >= 11 is 0. The topological polar surface area (TPSA) is 96.7 Å². The minimum atomic E-state index is -1.03. The molecule has 0 aliphatic heterocycles. The fourth-order valence-corrected chi connectivity index (χ4v) is 1.02. The number of hydrogen-bond acceptors (Lipinski definition) is 6. The second-order valence-corrected chi connectivity index (χ2v) is 2.74. The van der Waals surface area contributed by atoms with Crippen LogP contribution in [0.3, 0.4) is 0 Å². The van der Waals surface area contributed by atoms with Gasteiger partial charge in [-0.05, 0) is 6.08 Å². The second-order valence-electron chi connectivity index (χ2n) is 2.74. The van der Waals surface area contributed by atoms with E-state index in [4.69, 9.17) is 5.53 Å². The van der Waals surface area contributed by atoms with E-state index in [9.17, 15) is 14.4 Å². The number of carbonyl (C=O) groups excluding carboxylic acids is 3. The second kappa shape index (κ2) is 3.91. The molecule has 0 saturated heterocycles. The Kier molecular flexibility index (Phi) is 2.85. The summed E-state index contributed by atoms with van der Waals surface area (Å²) in [7, 11) is 0. The zero-order valence-corrected chi connectivity index (χ0v) is 7.44. The highest BCUT2D eigenvalue weighted by Crippen LogP contribution is 2.14. The van der Waals surface area contributed by atoms with Crippen molar-refractivity contribution in [3.05, 3.63) is 11.6 Å². The summed E-state index contributed by atoms with van der Waals surface area (Å²) in [5, 5.41) is 2.96. The smallest absolute Gasteiger partial charge is 0.302 e. The van der Waals surface area contributed by atoms with E-state index in [1.54, 1.807) is 0 Å². The molecule has 0 aromatic carbocycles. The van der Waals surface area contributed by atoms with Crippen molar-refractivity contribution in [1.82, 2.24) is 0 Å². The number of nitrogens with one attached hydrogen (secondary N) is 1. The maximum Gasteiger partial charge on any atom is 0.302 e. The van der Waals surface area contributed by atoms with E-state index in [0.29, 0.717) is 0 Å². The van der Waals surface area contributed by atoms with Gasteiger partial charge in [0, 0.05) is 12.5 Å². The van der Waals surface area contributed by atoms with Crippen molar-refractivity contribution < 1.29 is 19.1 Å². The Hall–Kier alpha value is -1.85. The van der Waals surface area contributed by atoms with Gasteiger partial charge in [-0.3, -0.25) is 14.4 Å². The van der Waals surface area contributed by atoms with Gasteiger partial charge in [0.05, 0.1) is 0 Å². The summed E-state index contributed by atoms with van der Waals surface area (Å²) in [6, 6.07) is -1.03. The molecule has 0 saturated carbocycles. The molecule has 6 nitrogen and oxygen atoms in total. The largest absolute Gasteiger partial charge is 0.461 e. The van der Waals surface area contributed by atoms with E-state index in [-0.39, 0.29) is 12.2 Å². The number of hydrogen-bond donors (Lipinski definition) is 1. The number of esters is 1. The molecule has 1 aliphatic carbocycles. The highest BCUT2D eigenvalue weighted by molar-refractivity contribution is 6.48. The summed E-state index contributed by atoms with van der Waals surface area (Å²) in [4.78, 5) is 32.6. The molecule has 1 rings (SSSR count). The maximum atomic E-state index is 11.1. The van der Waals surface area contributed by atoms with Crippen LogP contribution in [0, 0.1) is 5.53 Å². The van der Waals surface area contributed by atoms with Crippen LogP contribution in [0.2, 0.25) is 0 Å². The SMILES string of the molecule is CC(=O)OCC1=CC(N=N)C(=O)C1=O. The molecule has 0 heterocycles. The summed E-state index contributed by atoms with van der Waals surface area (Å²) in [6.07, 6.45) is 1.24. The van der Waals surface area contributed by atoms with E-state index in [1.807, 2.05) is 0 Å². The van der Waals surface area contributed by atoms with Gasteiger partial charge in [-0.2, -0.15) is 5.11 Å². The molecule has 0 fully saturated rings. The third-order valence-electron chi connectivity index (χ3n) is 1.71. The molecule has 6 heteroatoms. The van der Waals surface area contributed by atoms with Crippen LogP contribution in [0.15, 0.2) is 16.8 Å². The van der Waals surface area contributed by atoms with Crippen molar-refractivity contribution in [2.45, 2.75) is 13.0 Å². The van der Waals surface area contributed by atoms with Gasteiger partial charge >= 0.3 is 5.97 Å². The lowest BCUT2D eigenvalue weighted by Crippen LogP contribution is -2.19. The fraction of sp³-hybridized carbons (Fsp3) is 0.375. The minimum Gasteiger partial charge on any atom is -0.461 e. The van der Waals surface area contributed by atoms with Gasteiger partial charge < -0.3 is 4.74 Å². The molecule has 1 unspecified atom stereocenters. The van der Waals surface area contributed by atoms with Crippen LogP contribution >= 0.6 is 0 Å². The molecule has 74 valence electrons. The third kappa shape index (κ3) is 1.90. The number of ketones is 2. The Morgan fingerprint density at radius 1 is 1.64 bits per heavy atom. The number of rotatable bonds is 3. The molecule has 1 N–H and O–H groups in total. The molecule has 1 atom stereocenters. The Labute approximate surface area is 79.4 Å². The monoisotopic (exact) mass is 196 g/mol. The van der Waals surface area contributed by atoms with Crippen LogP contribution in [0.4, 0.5) is 0 Å². The molecule has 0 aromatic rings. The molecule has 0 radical (unpaired) electrons. The molecule has 0 bridgehead atoms. The van der Waals surface area contributed by atoms with Crippen molar-refractivity contribution in [2.75, 3.05) is 6.61 Å². The van der Waals surface area contributed by atoms with Gasteiger partial charge in [0.25, 0.3) is 0 Å². The van der Waals surface area contributed by atoms with Crippen LogP contribution in [-0.2, 0) is 19.1 Å². The lowest BCUT2D eigenvalue weighted by atomic mass is 10.2. The standard InChI is InChI=1S/C8H8N2O4/c1-4(11)14-3-5-2-6(10-9)8(13)7(5)12/h2,6,9H,3H2,1H3. The highest BCUT2D eigenvalue weighted by atomic mass is 16.5. The normalized spacial score (nSPS) is 20.6. The number of ether oxygens (including phenoxy) is 1. The zero-order chi connectivity index (χ0) is 10.7. The number of nitrogens with zero attached hydrogens (tertiary/aromatic N) is 1. The minimum absolute atomic E-state index is 0.0891. The van der Waals surface area contributed by atoms with Crippen molar-refractivity contribution >= 4 is 17.5 Å². The number of Topliss-reactive ketones (excluding diaryl/α,β-unsaturated/α-hetero) is 2. The highest BCUT2D eigenvalue weighted by Gasteiger charge is 2.33. The summed E-state index contributed by atoms with van der Waals surface area (Å²) in [5.41, 5.74) is 6.72. The van der Waals surface area contributed by atoms with E-state index in [1.165, 1.54) is 13.0 Å². The molecule has 0 aromatic heterocycles. The van der Waals surface area contributed by atoms with Crippen molar-refractivity contribution in [3.63, 3.8) is 0 Å². The Morgan fingerprint density at radius 3 is 2.71 bits per heavy atom. The third-order valence-corrected chi connectivity index (χ3v) is 1.71. The van der Waals surface area contributed by atoms with Crippen LogP contribution in [0.1, 0.15) is 6.92 Å². The first-order valence-electron chi connectivity index (χ1n) is 3.85. The van der Waals surface area contributed by atoms with Crippen molar-refractivity contribution in [2.24, 2.45) is 5.11 Å². The molecule has 0 amide bonds. The van der Waals surface area contributed by atoms with E-state index < -0.39 is 23.6 Å². The van der Waals surface area contributed by atoms with Crippen LogP contribution in [-0.4, -0.2) is 30.2 Å².